The quantitative estimate of drug-likeness (QED) is 0.413. The second-order valence-electron chi connectivity index (χ2n) is 2.86. The Bertz CT molecular complexity index is 299. The van der Waals surface area contributed by atoms with Crippen LogP contribution in [0.4, 0.5) is 0 Å². The first-order valence-corrected chi connectivity index (χ1v) is 5.86. The van der Waals surface area contributed by atoms with Crippen LogP contribution in [0.1, 0.15) is 6.42 Å². The molecular weight excluding hydrogens is 193 g/mol. The Balaban J connectivity index is 2.49. The van der Waals surface area contributed by atoms with E-state index in [0.29, 0.717) is 0 Å². The van der Waals surface area contributed by atoms with Crippen LogP contribution in [0.2, 0.25) is 0 Å². The van der Waals surface area contributed by atoms with Crippen LogP contribution in [0.5, 0.6) is 5.75 Å². The summed E-state index contributed by atoms with van der Waals surface area (Å²) in [6.45, 7) is 0. The molecule has 3 heteroatoms. The van der Waals surface area contributed by atoms with E-state index in [9.17, 15) is 0 Å². The third-order valence-corrected chi connectivity index (χ3v) is 3.21. The molecular formula is C11H16NOP. The maximum absolute atomic E-state index is 5.28. The minimum atomic E-state index is 0.804. The normalized spacial score (nSPS) is 11.6. The molecule has 0 aromatic heterocycles. The van der Waals surface area contributed by atoms with E-state index >= 15 is 0 Å². The summed E-state index contributed by atoms with van der Waals surface area (Å²) in [7, 11) is 4.33. The van der Waals surface area contributed by atoms with Gasteiger partial charge in [0.1, 0.15) is 5.75 Å². The van der Waals surface area contributed by atoms with Gasteiger partial charge >= 0.3 is 0 Å². The molecule has 0 radical (unpaired) electrons. The molecule has 1 atom stereocenters. The molecule has 0 heterocycles. The van der Waals surface area contributed by atoms with Gasteiger partial charge in [-0.3, -0.25) is 0 Å². The van der Waals surface area contributed by atoms with Crippen molar-refractivity contribution in [3.63, 3.8) is 0 Å². The highest BCUT2D eigenvalue weighted by molar-refractivity contribution is 7.47. The number of nitrogens with zero attached hydrogens (tertiary/aromatic N) is 1. The number of hydrogen-bond donors (Lipinski definition) is 0. The molecule has 2 nitrogen and oxygen atoms in total. The fourth-order valence-electron chi connectivity index (χ4n) is 1.19. The van der Waals surface area contributed by atoms with E-state index in [-0.39, 0.29) is 0 Å². The zero-order valence-electron chi connectivity index (χ0n) is 8.66. The van der Waals surface area contributed by atoms with Crippen LogP contribution in [0.15, 0.2) is 29.3 Å². The molecule has 1 aromatic rings. The summed E-state index contributed by atoms with van der Waals surface area (Å²) < 4.78 is 5.28. The van der Waals surface area contributed by atoms with Crippen molar-refractivity contribution in [3.05, 3.63) is 24.3 Å². The molecule has 0 saturated carbocycles. The average molecular weight is 209 g/mol. The van der Waals surface area contributed by atoms with Gasteiger partial charge in [0.25, 0.3) is 0 Å². The lowest BCUT2D eigenvalue weighted by Crippen LogP contribution is -2.01. The molecule has 0 aliphatic rings. The number of hydrogen-bond acceptors (Lipinski definition) is 2. The third-order valence-electron chi connectivity index (χ3n) is 1.88. The van der Waals surface area contributed by atoms with E-state index in [0.717, 1.165) is 26.9 Å². The van der Waals surface area contributed by atoms with Gasteiger partial charge in [0.2, 0.25) is 0 Å². The van der Waals surface area contributed by atoms with Crippen LogP contribution in [0.3, 0.4) is 0 Å². The molecule has 0 amide bonds. The van der Waals surface area contributed by atoms with Crippen molar-refractivity contribution >= 4 is 20.1 Å². The SMILES string of the molecule is CN=CCCPc1ccccc1OC. The fraction of sp³-hybridized carbons (Fsp3) is 0.364. The summed E-state index contributed by atoms with van der Waals surface area (Å²) in [6, 6.07) is 8.19. The molecule has 0 aliphatic carbocycles. The standard InChI is InChI=1S/C11H16NOP/c1-12-8-5-9-14-11-7-4-3-6-10(11)13-2/h3-4,6-8,14H,5,9H2,1-2H3. The summed E-state index contributed by atoms with van der Waals surface area (Å²) >= 11 is 0. The van der Waals surface area contributed by atoms with Crippen LogP contribution in [-0.4, -0.2) is 26.5 Å². The molecule has 0 fully saturated rings. The second kappa shape index (κ2) is 6.56. The van der Waals surface area contributed by atoms with Gasteiger partial charge in [-0.25, -0.2) is 0 Å². The third kappa shape index (κ3) is 3.47. The number of rotatable bonds is 5. The minimum Gasteiger partial charge on any atom is -0.496 e. The van der Waals surface area contributed by atoms with Crippen LogP contribution in [0.25, 0.3) is 0 Å². The molecule has 76 valence electrons. The van der Waals surface area contributed by atoms with Gasteiger partial charge in [0.05, 0.1) is 7.11 Å². The Kier molecular flexibility index (Phi) is 5.24. The van der Waals surface area contributed by atoms with Crippen molar-refractivity contribution in [1.29, 1.82) is 0 Å². The zero-order valence-corrected chi connectivity index (χ0v) is 9.66. The van der Waals surface area contributed by atoms with Gasteiger partial charge in [-0.05, 0) is 24.9 Å². The van der Waals surface area contributed by atoms with Crippen molar-refractivity contribution in [2.45, 2.75) is 6.42 Å². The van der Waals surface area contributed by atoms with E-state index in [4.69, 9.17) is 4.74 Å². The van der Waals surface area contributed by atoms with Crippen molar-refractivity contribution < 1.29 is 4.74 Å². The van der Waals surface area contributed by atoms with Gasteiger partial charge in [-0.1, -0.05) is 26.8 Å². The van der Waals surface area contributed by atoms with E-state index < -0.39 is 0 Å². The molecule has 0 spiro atoms. The van der Waals surface area contributed by atoms with E-state index in [1.54, 1.807) is 7.11 Å². The monoisotopic (exact) mass is 209 g/mol. The highest BCUT2D eigenvalue weighted by Crippen LogP contribution is 2.19. The van der Waals surface area contributed by atoms with Crippen LogP contribution < -0.4 is 10.0 Å². The lowest BCUT2D eigenvalue weighted by Gasteiger charge is -2.06. The molecule has 1 unspecified atom stereocenters. The molecule has 0 N–H and O–H groups in total. The average Bonchev–Trinajstić information content (AvgIpc) is 2.25. The predicted molar refractivity (Wildman–Crippen MR) is 64.8 cm³/mol. The molecule has 0 saturated heterocycles. The van der Waals surface area contributed by atoms with Gasteiger partial charge in [0.15, 0.2) is 0 Å². The molecule has 1 aromatic carbocycles. The number of methoxy groups -OCH3 is 1. The maximum Gasteiger partial charge on any atom is 0.126 e. The summed E-state index contributed by atoms with van der Waals surface area (Å²) in [5, 5.41) is 1.31. The zero-order chi connectivity index (χ0) is 10.2. The highest BCUT2D eigenvalue weighted by atomic mass is 31.1. The number of benzene rings is 1. The Morgan fingerprint density at radius 3 is 2.93 bits per heavy atom. The topological polar surface area (TPSA) is 21.6 Å². The summed E-state index contributed by atoms with van der Waals surface area (Å²) in [5.41, 5.74) is 0. The second-order valence-corrected chi connectivity index (χ2v) is 4.25. The van der Waals surface area contributed by atoms with E-state index in [1.807, 2.05) is 25.4 Å². The Labute approximate surface area is 87.2 Å². The first kappa shape index (κ1) is 11.2. The van der Waals surface area contributed by atoms with Crippen LogP contribution >= 0.6 is 8.58 Å². The van der Waals surface area contributed by atoms with Gasteiger partial charge in [-0.2, -0.15) is 0 Å². The van der Waals surface area contributed by atoms with Gasteiger partial charge in [0, 0.05) is 12.4 Å². The van der Waals surface area contributed by atoms with E-state index in [1.165, 1.54) is 5.30 Å². The summed E-state index contributed by atoms with van der Waals surface area (Å²) in [5.74, 6) is 0.999. The highest BCUT2D eigenvalue weighted by Gasteiger charge is 1.99. The Morgan fingerprint density at radius 2 is 2.21 bits per heavy atom. The van der Waals surface area contributed by atoms with Crippen molar-refractivity contribution in [1.82, 2.24) is 0 Å². The lowest BCUT2D eigenvalue weighted by atomic mass is 10.3. The molecule has 0 aliphatic heterocycles. The van der Waals surface area contributed by atoms with Crippen LogP contribution in [-0.2, 0) is 0 Å². The fourth-order valence-corrected chi connectivity index (χ4v) is 2.31. The first-order valence-electron chi connectivity index (χ1n) is 4.66. The van der Waals surface area contributed by atoms with E-state index in [2.05, 4.69) is 17.1 Å². The minimum absolute atomic E-state index is 0.804. The van der Waals surface area contributed by atoms with Gasteiger partial charge in [-0.15, -0.1) is 0 Å². The van der Waals surface area contributed by atoms with Gasteiger partial charge < -0.3 is 9.73 Å². The molecule has 14 heavy (non-hydrogen) atoms. The predicted octanol–water partition coefficient (Wildman–Crippen LogP) is 2.09. The first-order chi connectivity index (χ1) is 6.88. The Hall–Kier alpha value is -0.880. The van der Waals surface area contributed by atoms with Crippen molar-refractivity contribution in [2.24, 2.45) is 4.99 Å². The molecule has 0 bridgehead atoms. The van der Waals surface area contributed by atoms with Crippen LogP contribution in [0, 0.1) is 0 Å². The maximum atomic E-state index is 5.28. The Morgan fingerprint density at radius 1 is 1.43 bits per heavy atom. The summed E-state index contributed by atoms with van der Waals surface area (Å²) in [4.78, 5) is 3.96. The number of ether oxygens (including phenoxy) is 1. The number of para-hydroxylation sites is 1. The number of aliphatic imine (C=N–C) groups is 1. The lowest BCUT2D eigenvalue weighted by molar-refractivity contribution is 0.418. The smallest absolute Gasteiger partial charge is 0.126 e. The largest absolute Gasteiger partial charge is 0.496 e. The summed E-state index contributed by atoms with van der Waals surface area (Å²) in [6.07, 6.45) is 4.16. The van der Waals surface area contributed by atoms with Crippen molar-refractivity contribution in [2.75, 3.05) is 20.3 Å². The molecule has 1 rings (SSSR count). The van der Waals surface area contributed by atoms with Crippen molar-refractivity contribution in [3.8, 4) is 5.75 Å².